The van der Waals surface area contributed by atoms with E-state index in [1.54, 1.807) is 18.2 Å². The molecule has 1 aromatic rings. The summed E-state index contributed by atoms with van der Waals surface area (Å²) in [6.07, 6.45) is 1.53. The molecule has 0 saturated carbocycles. The minimum Gasteiger partial charge on any atom is -0.324 e. The van der Waals surface area contributed by atoms with Crippen molar-refractivity contribution in [3.05, 3.63) is 23.2 Å². The first kappa shape index (κ1) is 16.5. The molecular weight excluding hydrogens is 278 g/mol. The van der Waals surface area contributed by atoms with E-state index < -0.39 is 0 Å². The quantitative estimate of drug-likeness (QED) is 0.754. The Kier molecular flexibility index (Phi) is 6.48. The zero-order chi connectivity index (χ0) is 15.1. The molecule has 5 nitrogen and oxygen atoms in total. The number of carbonyl (C=O) groups excluding carboxylic acids is 2. The van der Waals surface area contributed by atoms with Crippen molar-refractivity contribution in [3.63, 3.8) is 0 Å². The third kappa shape index (κ3) is 4.51. The monoisotopic (exact) mass is 297 g/mol. The third-order valence-electron chi connectivity index (χ3n) is 3.06. The minimum absolute atomic E-state index is 0.0521. The molecule has 0 fully saturated rings. The molecule has 20 heavy (non-hydrogen) atoms. The lowest BCUT2D eigenvalue weighted by atomic mass is 10.0. The summed E-state index contributed by atoms with van der Waals surface area (Å²) in [6, 6.07) is 4.90. The van der Waals surface area contributed by atoms with Crippen LogP contribution in [0, 0.1) is 5.92 Å². The molecular formula is C14H20ClN3O2. The fourth-order valence-electron chi connectivity index (χ4n) is 1.82. The summed E-state index contributed by atoms with van der Waals surface area (Å²) in [5.41, 5.74) is 6.24. The van der Waals surface area contributed by atoms with Crippen LogP contribution in [0.2, 0.25) is 5.02 Å². The average Bonchev–Trinajstić information content (AvgIpc) is 2.43. The van der Waals surface area contributed by atoms with Crippen molar-refractivity contribution in [2.75, 3.05) is 17.2 Å². The smallest absolute Gasteiger partial charge is 0.238 e. The highest BCUT2D eigenvalue weighted by Crippen LogP contribution is 2.26. The minimum atomic E-state index is -0.342. The number of hydrogen-bond acceptors (Lipinski definition) is 3. The maximum absolute atomic E-state index is 12.1. The number of hydrogen-bond donors (Lipinski definition) is 3. The molecule has 0 aromatic heterocycles. The first-order valence-corrected chi connectivity index (χ1v) is 6.99. The van der Waals surface area contributed by atoms with E-state index in [-0.39, 0.29) is 24.3 Å². The summed E-state index contributed by atoms with van der Waals surface area (Å²) in [5, 5.41) is 5.90. The van der Waals surface area contributed by atoms with Crippen LogP contribution in [0.3, 0.4) is 0 Å². The maximum Gasteiger partial charge on any atom is 0.238 e. The summed E-state index contributed by atoms with van der Waals surface area (Å²) < 4.78 is 0. The zero-order valence-corrected chi connectivity index (χ0v) is 12.5. The molecule has 0 spiro atoms. The SMILES string of the molecule is CCC(CC)C(=O)Nc1ccc(Cl)cc1NC(=O)CN. The Morgan fingerprint density at radius 3 is 2.40 bits per heavy atom. The maximum atomic E-state index is 12.1. The largest absolute Gasteiger partial charge is 0.324 e. The second kappa shape index (κ2) is 7.87. The number of rotatable bonds is 6. The van der Waals surface area contributed by atoms with E-state index in [0.29, 0.717) is 16.4 Å². The molecule has 0 bridgehead atoms. The van der Waals surface area contributed by atoms with Gasteiger partial charge in [0.2, 0.25) is 11.8 Å². The lowest BCUT2D eigenvalue weighted by Gasteiger charge is -2.16. The molecule has 0 heterocycles. The van der Waals surface area contributed by atoms with Gasteiger partial charge in [0.05, 0.1) is 17.9 Å². The van der Waals surface area contributed by atoms with E-state index in [4.69, 9.17) is 17.3 Å². The van der Waals surface area contributed by atoms with Crippen molar-refractivity contribution in [1.29, 1.82) is 0 Å². The lowest BCUT2D eigenvalue weighted by molar-refractivity contribution is -0.120. The van der Waals surface area contributed by atoms with Gasteiger partial charge in [-0.15, -0.1) is 0 Å². The predicted molar refractivity (Wildman–Crippen MR) is 81.8 cm³/mol. The molecule has 0 radical (unpaired) electrons. The Morgan fingerprint density at radius 1 is 1.20 bits per heavy atom. The number of nitrogens with two attached hydrogens (primary N) is 1. The van der Waals surface area contributed by atoms with Crippen molar-refractivity contribution in [3.8, 4) is 0 Å². The molecule has 4 N–H and O–H groups in total. The van der Waals surface area contributed by atoms with Gasteiger partial charge in [-0.3, -0.25) is 9.59 Å². The van der Waals surface area contributed by atoms with Gasteiger partial charge >= 0.3 is 0 Å². The van der Waals surface area contributed by atoms with E-state index in [9.17, 15) is 9.59 Å². The van der Waals surface area contributed by atoms with Crippen molar-refractivity contribution in [2.24, 2.45) is 11.7 Å². The van der Waals surface area contributed by atoms with Crippen LogP contribution in [-0.2, 0) is 9.59 Å². The van der Waals surface area contributed by atoms with Gasteiger partial charge in [0.1, 0.15) is 0 Å². The Bertz CT molecular complexity index is 487. The van der Waals surface area contributed by atoms with Crippen LogP contribution in [-0.4, -0.2) is 18.4 Å². The summed E-state index contributed by atoms with van der Waals surface area (Å²) in [7, 11) is 0. The molecule has 0 unspecified atom stereocenters. The highest BCUT2D eigenvalue weighted by molar-refractivity contribution is 6.31. The molecule has 0 aliphatic rings. The van der Waals surface area contributed by atoms with Gasteiger partial charge in [0, 0.05) is 10.9 Å². The number of benzene rings is 1. The van der Waals surface area contributed by atoms with Crippen molar-refractivity contribution >= 4 is 34.8 Å². The van der Waals surface area contributed by atoms with Gasteiger partial charge in [0.25, 0.3) is 0 Å². The van der Waals surface area contributed by atoms with E-state index >= 15 is 0 Å². The first-order chi connectivity index (χ1) is 9.51. The summed E-state index contributed by atoms with van der Waals surface area (Å²) in [5.74, 6) is -0.463. The Balaban J connectivity index is 2.93. The van der Waals surface area contributed by atoms with Crippen molar-refractivity contribution in [1.82, 2.24) is 0 Å². The fourth-order valence-corrected chi connectivity index (χ4v) is 2.00. The van der Waals surface area contributed by atoms with Gasteiger partial charge in [-0.05, 0) is 31.0 Å². The molecule has 0 saturated heterocycles. The van der Waals surface area contributed by atoms with Crippen molar-refractivity contribution in [2.45, 2.75) is 26.7 Å². The topological polar surface area (TPSA) is 84.2 Å². The molecule has 1 aromatic carbocycles. The highest BCUT2D eigenvalue weighted by atomic mass is 35.5. The van der Waals surface area contributed by atoms with Gasteiger partial charge < -0.3 is 16.4 Å². The molecule has 2 amide bonds. The predicted octanol–water partition coefficient (Wildman–Crippen LogP) is 2.61. The second-order valence-corrected chi connectivity index (χ2v) is 4.88. The first-order valence-electron chi connectivity index (χ1n) is 6.62. The Hall–Kier alpha value is -1.59. The molecule has 110 valence electrons. The molecule has 0 aliphatic heterocycles. The van der Waals surface area contributed by atoms with Gasteiger partial charge in [-0.25, -0.2) is 0 Å². The van der Waals surface area contributed by atoms with Crippen LogP contribution < -0.4 is 16.4 Å². The fraction of sp³-hybridized carbons (Fsp3) is 0.429. The highest BCUT2D eigenvalue weighted by Gasteiger charge is 2.16. The molecule has 0 atom stereocenters. The van der Waals surface area contributed by atoms with Crippen LogP contribution in [0.25, 0.3) is 0 Å². The Morgan fingerprint density at radius 2 is 1.85 bits per heavy atom. The summed E-state index contributed by atoms with van der Waals surface area (Å²) >= 11 is 5.90. The third-order valence-corrected chi connectivity index (χ3v) is 3.29. The standard InChI is InChI=1S/C14H20ClN3O2/c1-3-9(4-2)14(20)18-11-6-5-10(15)7-12(11)17-13(19)8-16/h5-7,9H,3-4,8,16H2,1-2H3,(H,17,19)(H,18,20). The van der Waals surface area contributed by atoms with Gasteiger partial charge in [0.15, 0.2) is 0 Å². The number of carbonyl (C=O) groups is 2. The summed E-state index contributed by atoms with van der Waals surface area (Å²) in [4.78, 5) is 23.5. The lowest BCUT2D eigenvalue weighted by Crippen LogP contribution is -2.25. The normalized spacial score (nSPS) is 10.4. The molecule has 1 rings (SSSR count). The number of nitrogens with one attached hydrogen (secondary N) is 2. The van der Waals surface area contributed by atoms with Crippen LogP contribution in [0.15, 0.2) is 18.2 Å². The summed E-state index contributed by atoms with van der Waals surface area (Å²) in [6.45, 7) is 3.80. The van der Waals surface area contributed by atoms with Crippen LogP contribution in [0.1, 0.15) is 26.7 Å². The second-order valence-electron chi connectivity index (χ2n) is 4.44. The van der Waals surface area contributed by atoms with Crippen molar-refractivity contribution < 1.29 is 9.59 Å². The van der Waals surface area contributed by atoms with Gasteiger partial charge in [-0.2, -0.15) is 0 Å². The van der Waals surface area contributed by atoms with Crippen LogP contribution in [0.4, 0.5) is 11.4 Å². The van der Waals surface area contributed by atoms with Gasteiger partial charge in [-0.1, -0.05) is 25.4 Å². The Labute approximate surface area is 123 Å². The zero-order valence-electron chi connectivity index (χ0n) is 11.7. The van der Waals surface area contributed by atoms with E-state index in [0.717, 1.165) is 12.8 Å². The average molecular weight is 298 g/mol. The van der Waals surface area contributed by atoms with Crippen LogP contribution in [0.5, 0.6) is 0 Å². The number of halogens is 1. The molecule has 6 heteroatoms. The number of anilines is 2. The van der Waals surface area contributed by atoms with E-state index in [1.807, 2.05) is 13.8 Å². The van der Waals surface area contributed by atoms with E-state index in [1.165, 1.54) is 0 Å². The van der Waals surface area contributed by atoms with Crippen LogP contribution >= 0.6 is 11.6 Å². The number of amides is 2. The van der Waals surface area contributed by atoms with E-state index in [2.05, 4.69) is 10.6 Å². The molecule has 0 aliphatic carbocycles.